The fourth-order valence-corrected chi connectivity index (χ4v) is 2.65. The molecule has 1 aliphatic heterocycles. The molecule has 0 N–H and O–H groups in total. The van der Waals surface area contributed by atoms with Crippen molar-refractivity contribution in [3.05, 3.63) is 10.9 Å². The average Bonchev–Trinajstić information content (AvgIpc) is 2.56. The third-order valence-corrected chi connectivity index (χ3v) is 3.51. The first-order valence-corrected chi connectivity index (χ1v) is 5.56. The van der Waals surface area contributed by atoms with Crippen LogP contribution < -0.4 is 9.64 Å². The molecule has 3 nitrogen and oxygen atoms in total. The number of aryl methyl sites for hydroxylation is 1. The number of likely N-dealkylation sites (N-methyl/N-ethyl adjacent to an activating group) is 1. The second-order valence-electron chi connectivity index (χ2n) is 3.37. The van der Waals surface area contributed by atoms with Crippen LogP contribution in [0.2, 0.25) is 0 Å². The minimum Gasteiger partial charge on any atom is -0.481 e. The van der Waals surface area contributed by atoms with Crippen molar-refractivity contribution in [2.75, 3.05) is 18.6 Å². The van der Waals surface area contributed by atoms with E-state index in [1.807, 2.05) is 6.07 Å². The Labute approximate surface area is 87.3 Å². The minimum absolute atomic E-state index is 0.0300. The molecule has 0 bridgehead atoms. The van der Waals surface area contributed by atoms with Crippen LogP contribution in [-0.2, 0) is 11.2 Å². The topological polar surface area (TPSA) is 29.5 Å². The molecule has 0 fully saturated rings. The van der Waals surface area contributed by atoms with E-state index in [4.69, 9.17) is 4.74 Å². The maximum Gasteiger partial charge on any atom is 0.265 e. The Kier molecular flexibility index (Phi) is 2.46. The van der Waals surface area contributed by atoms with Crippen LogP contribution in [0.5, 0.6) is 5.75 Å². The van der Waals surface area contributed by atoms with Gasteiger partial charge in [0, 0.05) is 11.9 Å². The lowest BCUT2D eigenvalue weighted by Crippen LogP contribution is -2.34. The molecule has 0 aromatic carbocycles. The third-order valence-electron chi connectivity index (χ3n) is 2.26. The fourth-order valence-electron chi connectivity index (χ4n) is 1.47. The quantitative estimate of drug-likeness (QED) is 0.749. The Morgan fingerprint density at radius 3 is 3.14 bits per heavy atom. The third kappa shape index (κ3) is 1.50. The van der Waals surface area contributed by atoms with E-state index in [0.29, 0.717) is 0 Å². The summed E-state index contributed by atoms with van der Waals surface area (Å²) in [6, 6.07) is 2.05. The Morgan fingerprint density at radius 1 is 1.64 bits per heavy atom. The molecule has 0 saturated carbocycles. The van der Waals surface area contributed by atoms with Gasteiger partial charge in [0.1, 0.15) is 5.00 Å². The molecule has 0 spiro atoms. The predicted octanol–water partition coefficient (Wildman–Crippen LogP) is 2.06. The summed E-state index contributed by atoms with van der Waals surface area (Å²) in [6.07, 6.45) is 2.18. The standard InChI is InChI=1S/C10H13NO2S/c1-3-4-7-5-8-10(14-7)11(2)9(12)6-13-8/h5H,3-4,6H2,1-2H3. The van der Waals surface area contributed by atoms with Crippen molar-refractivity contribution in [3.63, 3.8) is 0 Å². The molecule has 76 valence electrons. The highest BCUT2D eigenvalue weighted by atomic mass is 32.1. The molecule has 2 heterocycles. The number of amides is 1. The van der Waals surface area contributed by atoms with Crippen LogP contribution in [0.4, 0.5) is 5.00 Å². The SMILES string of the molecule is CCCc1cc2c(s1)N(C)C(=O)CO2. The second-order valence-corrected chi connectivity index (χ2v) is 4.49. The van der Waals surface area contributed by atoms with Gasteiger partial charge in [0.25, 0.3) is 5.91 Å². The van der Waals surface area contributed by atoms with E-state index in [1.54, 1.807) is 23.3 Å². The Hall–Kier alpha value is -1.03. The summed E-state index contributed by atoms with van der Waals surface area (Å²) in [7, 11) is 1.80. The minimum atomic E-state index is 0.0300. The zero-order valence-corrected chi connectivity index (χ0v) is 9.19. The lowest BCUT2D eigenvalue weighted by atomic mass is 10.3. The largest absolute Gasteiger partial charge is 0.481 e. The molecule has 4 heteroatoms. The number of carbonyl (C=O) groups is 1. The molecule has 0 radical (unpaired) electrons. The molecule has 0 aliphatic carbocycles. The van der Waals surface area contributed by atoms with Crippen LogP contribution in [0.25, 0.3) is 0 Å². The monoisotopic (exact) mass is 211 g/mol. The number of rotatable bonds is 2. The van der Waals surface area contributed by atoms with Crippen LogP contribution >= 0.6 is 11.3 Å². The van der Waals surface area contributed by atoms with Gasteiger partial charge in [0.2, 0.25) is 0 Å². The molecule has 1 amide bonds. The Morgan fingerprint density at radius 2 is 2.43 bits per heavy atom. The molecular weight excluding hydrogens is 198 g/mol. The summed E-state index contributed by atoms with van der Waals surface area (Å²) in [4.78, 5) is 14.3. The maximum atomic E-state index is 11.3. The number of thiophene rings is 1. The van der Waals surface area contributed by atoms with Gasteiger partial charge < -0.3 is 9.64 Å². The number of nitrogens with zero attached hydrogens (tertiary/aromatic N) is 1. The van der Waals surface area contributed by atoms with Gasteiger partial charge in [-0.3, -0.25) is 4.79 Å². The Bertz CT molecular complexity index is 359. The molecule has 14 heavy (non-hydrogen) atoms. The molecular formula is C10H13NO2S. The predicted molar refractivity (Wildman–Crippen MR) is 57.2 cm³/mol. The smallest absolute Gasteiger partial charge is 0.265 e. The van der Waals surface area contributed by atoms with Gasteiger partial charge in [-0.15, -0.1) is 11.3 Å². The highest BCUT2D eigenvalue weighted by Crippen LogP contribution is 2.40. The Balaban J connectivity index is 2.31. The lowest BCUT2D eigenvalue weighted by molar-refractivity contribution is -0.120. The van der Waals surface area contributed by atoms with Crippen molar-refractivity contribution >= 4 is 22.2 Å². The van der Waals surface area contributed by atoms with Gasteiger partial charge in [-0.2, -0.15) is 0 Å². The van der Waals surface area contributed by atoms with Crippen LogP contribution in [-0.4, -0.2) is 19.6 Å². The van der Waals surface area contributed by atoms with Crippen LogP contribution in [0.3, 0.4) is 0 Å². The van der Waals surface area contributed by atoms with E-state index in [2.05, 4.69) is 6.92 Å². The van der Waals surface area contributed by atoms with E-state index in [0.717, 1.165) is 23.6 Å². The molecule has 1 aromatic heterocycles. The van der Waals surface area contributed by atoms with E-state index in [-0.39, 0.29) is 12.5 Å². The lowest BCUT2D eigenvalue weighted by Gasteiger charge is -2.22. The first kappa shape index (κ1) is 9.52. The van der Waals surface area contributed by atoms with Crippen LogP contribution in [0, 0.1) is 0 Å². The number of ether oxygens (including phenoxy) is 1. The number of fused-ring (bicyclic) bond motifs is 1. The van der Waals surface area contributed by atoms with E-state index in [9.17, 15) is 4.79 Å². The number of hydrogen-bond acceptors (Lipinski definition) is 3. The molecule has 0 unspecified atom stereocenters. The van der Waals surface area contributed by atoms with Gasteiger partial charge >= 0.3 is 0 Å². The van der Waals surface area contributed by atoms with Gasteiger partial charge in [0.15, 0.2) is 12.4 Å². The summed E-state index contributed by atoms with van der Waals surface area (Å²) in [5, 5.41) is 0.949. The van der Waals surface area contributed by atoms with Crippen molar-refractivity contribution < 1.29 is 9.53 Å². The maximum absolute atomic E-state index is 11.3. The van der Waals surface area contributed by atoms with Gasteiger partial charge in [0.05, 0.1) is 0 Å². The number of carbonyl (C=O) groups excluding carboxylic acids is 1. The molecule has 2 rings (SSSR count). The highest BCUT2D eigenvalue weighted by molar-refractivity contribution is 7.16. The molecule has 1 aromatic rings. The fraction of sp³-hybridized carbons (Fsp3) is 0.500. The van der Waals surface area contributed by atoms with Crippen molar-refractivity contribution in [2.45, 2.75) is 19.8 Å². The zero-order chi connectivity index (χ0) is 10.1. The first-order chi connectivity index (χ1) is 6.72. The average molecular weight is 211 g/mol. The van der Waals surface area contributed by atoms with E-state index >= 15 is 0 Å². The first-order valence-electron chi connectivity index (χ1n) is 4.74. The van der Waals surface area contributed by atoms with Crippen LogP contribution in [0.1, 0.15) is 18.2 Å². The molecule has 0 atom stereocenters. The van der Waals surface area contributed by atoms with Crippen molar-refractivity contribution in [2.24, 2.45) is 0 Å². The van der Waals surface area contributed by atoms with Gasteiger partial charge in [-0.25, -0.2) is 0 Å². The van der Waals surface area contributed by atoms with Gasteiger partial charge in [-0.1, -0.05) is 13.3 Å². The van der Waals surface area contributed by atoms with E-state index in [1.165, 1.54) is 4.88 Å². The molecule has 0 saturated heterocycles. The zero-order valence-electron chi connectivity index (χ0n) is 8.37. The second kappa shape index (κ2) is 3.61. The summed E-state index contributed by atoms with van der Waals surface area (Å²) in [5.74, 6) is 0.892. The van der Waals surface area contributed by atoms with Crippen molar-refractivity contribution in [3.8, 4) is 5.75 Å². The molecule has 1 aliphatic rings. The van der Waals surface area contributed by atoms with Gasteiger partial charge in [-0.05, 0) is 12.5 Å². The number of hydrogen-bond donors (Lipinski definition) is 0. The van der Waals surface area contributed by atoms with E-state index < -0.39 is 0 Å². The summed E-state index contributed by atoms with van der Waals surface area (Å²) >= 11 is 1.65. The van der Waals surface area contributed by atoms with Crippen LogP contribution in [0.15, 0.2) is 6.07 Å². The van der Waals surface area contributed by atoms with Crippen molar-refractivity contribution in [1.29, 1.82) is 0 Å². The normalized spacial score (nSPS) is 15.3. The summed E-state index contributed by atoms with van der Waals surface area (Å²) in [6.45, 7) is 2.32. The summed E-state index contributed by atoms with van der Waals surface area (Å²) in [5.41, 5.74) is 0. The number of anilines is 1. The summed E-state index contributed by atoms with van der Waals surface area (Å²) < 4.78 is 5.35. The van der Waals surface area contributed by atoms with Crippen molar-refractivity contribution in [1.82, 2.24) is 0 Å². The highest BCUT2D eigenvalue weighted by Gasteiger charge is 2.24.